The van der Waals surface area contributed by atoms with Crippen molar-refractivity contribution in [3.8, 4) is 5.75 Å². The highest BCUT2D eigenvalue weighted by molar-refractivity contribution is 7.85. The molecule has 0 spiro atoms. The molecule has 0 saturated carbocycles. The van der Waals surface area contributed by atoms with Crippen LogP contribution < -0.4 is 4.74 Å². The van der Waals surface area contributed by atoms with E-state index in [0.717, 1.165) is 36.6 Å². The number of rotatable bonds is 4. The maximum Gasteiger partial charge on any atom is 0.119 e. The number of benzene rings is 1. The van der Waals surface area contributed by atoms with Crippen molar-refractivity contribution in [2.75, 3.05) is 25.7 Å². The first-order valence-corrected chi connectivity index (χ1v) is 7.86. The van der Waals surface area contributed by atoms with Crippen LogP contribution in [0.4, 0.5) is 0 Å². The number of methoxy groups -OCH3 is 1. The summed E-state index contributed by atoms with van der Waals surface area (Å²) in [6.07, 6.45) is 2.10. The van der Waals surface area contributed by atoms with Crippen LogP contribution in [0.25, 0.3) is 0 Å². The van der Waals surface area contributed by atoms with Gasteiger partial charge in [-0.3, -0.25) is 9.11 Å². The molecule has 2 rings (SSSR count). The Bertz CT molecular complexity index is 412. The van der Waals surface area contributed by atoms with E-state index in [2.05, 4.69) is 24.1 Å². The molecule has 0 unspecified atom stereocenters. The van der Waals surface area contributed by atoms with E-state index in [9.17, 15) is 4.21 Å². The zero-order chi connectivity index (χ0) is 13.0. The van der Waals surface area contributed by atoms with Crippen molar-refractivity contribution in [3.05, 3.63) is 29.8 Å². The van der Waals surface area contributed by atoms with E-state index in [1.807, 2.05) is 12.1 Å². The van der Waals surface area contributed by atoms with E-state index in [4.69, 9.17) is 4.74 Å². The summed E-state index contributed by atoms with van der Waals surface area (Å²) in [5.74, 6) is 2.62. The Morgan fingerprint density at radius 2 is 2.11 bits per heavy atom. The Balaban J connectivity index is 1.93. The van der Waals surface area contributed by atoms with Gasteiger partial charge in [0.15, 0.2) is 0 Å². The number of ether oxygens (including phenoxy) is 1. The van der Waals surface area contributed by atoms with Crippen LogP contribution in [0.2, 0.25) is 0 Å². The van der Waals surface area contributed by atoms with Crippen molar-refractivity contribution in [1.29, 1.82) is 0 Å². The monoisotopic (exact) mass is 267 g/mol. The van der Waals surface area contributed by atoms with Crippen molar-refractivity contribution >= 4 is 10.8 Å². The van der Waals surface area contributed by atoms with E-state index < -0.39 is 10.8 Å². The molecule has 1 aliphatic rings. The molecule has 1 heterocycles. The molecule has 4 heteroatoms. The number of nitrogens with zero attached hydrogens (tertiary/aromatic N) is 1. The predicted molar refractivity (Wildman–Crippen MR) is 75.4 cm³/mol. The second-order valence-corrected chi connectivity index (χ2v) is 6.54. The second kappa shape index (κ2) is 6.34. The van der Waals surface area contributed by atoms with Gasteiger partial charge in [-0.05, 0) is 37.6 Å². The van der Waals surface area contributed by atoms with Crippen molar-refractivity contribution in [3.63, 3.8) is 0 Å². The van der Waals surface area contributed by atoms with Gasteiger partial charge in [-0.15, -0.1) is 0 Å². The topological polar surface area (TPSA) is 29.5 Å². The van der Waals surface area contributed by atoms with Crippen LogP contribution >= 0.6 is 0 Å². The lowest BCUT2D eigenvalue weighted by Gasteiger charge is -2.30. The normalized spacial score (nSPS) is 24.2. The third-order valence-electron chi connectivity index (χ3n) is 3.55. The van der Waals surface area contributed by atoms with E-state index >= 15 is 0 Å². The van der Waals surface area contributed by atoms with Gasteiger partial charge in [0.25, 0.3) is 0 Å². The zero-order valence-corrected chi connectivity index (χ0v) is 11.9. The van der Waals surface area contributed by atoms with Crippen LogP contribution in [0, 0.1) is 0 Å². The summed E-state index contributed by atoms with van der Waals surface area (Å²) in [5, 5.41) is 0. The van der Waals surface area contributed by atoms with Crippen molar-refractivity contribution < 1.29 is 8.95 Å². The molecule has 1 fully saturated rings. The molecule has 0 N–H and O–H groups in total. The summed E-state index contributed by atoms with van der Waals surface area (Å²) in [6.45, 7) is 0.925. The lowest BCUT2D eigenvalue weighted by atomic mass is 10.1. The van der Waals surface area contributed by atoms with E-state index in [1.165, 1.54) is 5.56 Å². The minimum absolute atomic E-state index is 0.564. The first-order valence-electron chi connectivity index (χ1n) is 6.37. The molecule has 0 amide bonds. The van der Waals surface area contributed by atoms with Crippen molar-refractivity contribution in [2.24, 2.45) is 0 Å². The maximum atomic E-state index is 11.3. The van der Waals surface area contributed by atoms with Gasteiger partial charge in [-0.25, -0.2) is 0 Å². The largest absolute Gasteiger partial charge is 0.497 e. The molecular formula is C14H21NO2S. The Labute approximate surface area is 112 Å². The predicted octanol–water partition coefficient (Wildman–Crippen LogP) is 2.04. The van der Waals surface area contributed by atoms with Crippen LogP contribution in [0.3, 0.4) is 0 Å². The molecule has 0 radical (unpaired) electrons. The van der Waals surface area contributed by atoms with Gasteiger partial charge >= 0.3 is 0 Å². The van der Waals surface area contributed by atoms with Crippen molar-refractivity contribution in [2.45, 2.75) is 25.4 Å². The molecule has 1 aromatic rings. The SMILES string of the molecule is COc1cccc(CN(C)C2CCS(=O)CC2)c1. The quantitative estimate of drug-likeness (QED) is 0.836. The van der Waals surface area contributed by atoms with Crippen molar-refractivity contribution in [1.82, 2.24) is 4.90 Å². The molecule has 18 heavy (non-hydrogen) atoms. The minimum Gasteiger partial charge on any atom is -0.497 e. The van der Waals surface area contributed by atoms with Crippen LogP contribution in [0.5, 0.6) is 5.75 Å². The molecule has 0 aromatic heterocycles. The fourth-order valence-corrected chi connectivity index (χ4v) is 3.68. The molecule has 3 nitrogen and oxygen atoms in total. The summed E-state index contributed by atoms with van der Waals surface area (Å²) in [7, 11) is 3.27. The van der Waals surface area contributed by atoms with Gasteiger partial charge in [0, 0.05) is 34.9 Å². The summed E-state index contributed by atoms with van der Waals surface area (Å²) in [4.78, 5) is 2.37. The molecule has 0 bridgehead atoms. The number of hydrogen-bond donors (Lipinski definition) is 0. The highest BCUT2D eigenvalue weighted by atomic mass is 32.2. The third kappa shape index (κ3) is 3.56. The van der Waals surface area contributed by atoms with Gasteiger partial charge in [-0.1, -0.05) is 12.1 Å². The first-order chi connectivity index (χ1) is 8.69. The maximum absolute atomic E-state index is 11.3. The fraction of sp³-hybridized carbons (Fsp3) is 0.571. The Morgan fingerprint density at radius 3 is 2.78 bits per heavy atom. The zero-order valence-electron chi connectivity index (χ0n) is 11.1. The van der Waals surface area contributed by atoms with E-state index in [1.54, 1.807) is 7.11 Å². The average molecular weight is 267 g/mol. The van der Waals surface area contributed by atoms with Gasteiger partial charge in [0.1, 0.15) is 5.75 Å². The van der Waals surface area contributed by atoms with Crippen LogP contribution in [-0.2, 0) is 17.3 Å². The van der Waals surface area contributed by atoms with Crippen LogP contribution in [0.1, 0.15) is 18.4 Å². The molecule has 1 saturated heterocycles. The highest BCUT2D eigenvalue weighted by Crippen LogP contribution is 2.19. The third-order valence-corrected chi connectivity index (χ3v) is 4.93. The average Bonchev–Trinajstić information content (AvgIpc) is 2.39. The first kappa shape index (κ1) is 13.6. The molecule has 1 aliphatic heterocycles. The minimum atomic E-state index is -0.576. The summed E-state index contributed by atoms with van der Waals surface area (Å²) >= 11 is 0. The lowest BCUT2D eigenvalue weighted by Crippen LogP contribution is -2.36. The van der Waals surface area contributed by atoms with Gasteiger partial charge in [-0.2, -0.15) is 0 Å². The Hall–Kier alpha value is -0.870. The molecule has 1 aromatic carbocycles. The van der Waals surface area contributed by atoms with Gasteiger partial charge in [0.2, 0.25) is 0 Å². The summed E-state index contributed by atoms with van der Waals surface area (Å²) in [5.41, 5.74) is 1.27. The van der Waals surface area contributed by atoms with Crippen LogP contribution in [0.15, 0.2) is 24.3 Å². The highest BCUT2D eigenvalue weighted by Gasteiger charge is 2.21. The Kier molecular flexibility index (Phi) is 4.78. The Morgan fingerprint density at radius 1 is 1.39 bits per heavy atom. The second-order valence-electron chi connectivity index (χ2n) is 4.85. The molecular weight excluding hydrogens is 246 g/mol. The van der Waals surface area contributed by atoms with Crippen LogP contribution in [-0.4, -0.2) is 40.8 Å². The molecule has 0 atom stereocenters. The molecule has 0 aliphatic carbocycles. The summed E-state index contributed by atoms with van der Waals surface area (Å²) in [6, 6.07) is 8.76. The number of hydrogen-bond acceptors (Lipinski definition) is 3. The lowest BCUT2D eigenvalue weighted by molar-refractivity contribution is 0.220. The fourth-order valence-electron chi connectivity index (χ4n) is 2.41. The molecule has 100 valence electrons. The summed E-state index contributed by atoms with van der Waals surface area (Å²) < 4.78 is 16.6. The van der Waals surface area contributed by atoms with E-state index in [-0.39, 0.29) is 0 Å². The van der Waals surface area contributed by atoms with E-state index in [0.29, 0.717) is 6.04 Å². The van der Waals surface area contributed by atoms with Gasteiger partial charge < -0.3 is 4.74 Å². The standard InChI is InChI=1S/C14H21NO2S/c1-15(13-6-8-18(16)9-7-13)11-12-4-3-5-14(10-12)17-2/h3-5,10,13H,6-9,11H2,1-2H3. The van der Waals surface area contributed by atoms with Gasteiger partial charge in [0.05, 0.1) is 7.11 Å². The smallest absolute Gasteiger partial charge is 0.119 e.